The van der Waals surface area contributed by atoms with Gasteiger partial charge in [-0.3, -0.25) is 14.6 Å². The van der Waals surface area contributed by atoms with Gasteiger partial charge in [0.15, 0.2) is 12.4 Å². The number of fused-ring (bicyclic) bond motifs is 1. The SMILES string of the molecule is CCC(=O)c1ccc(OCC(=O)N(C)Cc2cccc3ncccc23)cc1. The molecule has 0 unspecified atom stereocenters. The molecule has 0 fully saturated rings. The van der Waals surface area contributed by atoms with Gasteiger partial charge in [-0.1, -0.05) is 25.1 Å². The van der Waals surface area contributed by atoms with Crippen LogP contribution in [0.25, 0.3) is 10.9 Å². The molecule has 0 spiro atoms. The smallest absolute Gasteiger partial charge is 0.260 e. The van der Waals surface area contributed by atoms with Gasteiger partial charge in [-0.25, -0.2) is 0 Å². The summed E-state index contributed by atoms with van der Waals surface area (Å²) < 4.78 is 5.57. The van der Waals surface area contributed by atoms with Crippen molar-refractivity contribution in [2.24, 2.45) is 0 Å². The summed E-state index contributed by atoms with van der Waals surface area (Å²) in [6.07, 6.45) is 2.22. The van der Waals surface area contributed by atoms with Crippen molar-refractivity contribution >= 4 is 22.6 Å². The molecule has 0 bridgehead atoms. The van der Waals surface area contributed by atoms with E-state index in [-0.39, 0.29) is 18.3 Å². The largest absolute Gasteiger partial charge is 0.484 e. The molecule has 0 aliphatic carbocycles. The number of amides is 1. The molecule has 27 heavy (non-hydrogen) atoms. The average Bonchev–Trinajstić information content (AvgIpc) is 2.72. The molecule has 0 aliphatic heterocycles. The van der Waals surface area contributed by atoms with Crippen LogP contribution in [-0.4, -0.2) is 35.2 Å². The van der Waals surface area contributed by atoms with E-state index in [1.807, 2.05) is 37.3 Å². The molecule has 1 heterocycles. The van der Waals surface area contributed by atoms with E-state index in [0.717, 1.165) is 16.5 Å². The molecular formula is C22H22N2O3. The number of pyridine rings is 1. The van der Waals surface area contributed by atoms with Gasteiger partial charge in [0, 0.05) is 37.2 Å². The maximum atomic E-state index is 12.4. The number of nitrogens with zero attached hydrogens (tertiary/aromatic N) is 2. The standard InChI is InChI=1S/C22H22N2O3/c1-3-21(25)16-9-11-18(12-10-16)27-15-22(26)24(2)14-17-6-4-8-20-19(17)7-5-13-23-20/h4-13H,3,14-15H2,1-2H3. The number of hydrogen-bond donors (Lipinski definition) is 0. The topological polar surface area (TPSA) is 59.5 Å². The number of rotatable bonds is 7. The second kappa shape index (κ2) is 8.45. The molecule has 1 amide bonds. The van der Waals surface area contributed by atoms with Crippen molar-refractivity contribution in [3.8, 4) is 5.75 Å². The minimum atomic E-state index is -0.121. The second-order valence-electron chi connectivity index (χ2n) is 6.33. The molecule has 3 rings (SSSR count). The summed E-state index contributed by atoms with van der Waals surface area (Å²) in [6, 6.07) is 16.7. The highest BCUT2D eigenvalue weighted by Crippen LogP contribution is 2.18. The fourth-order valence-corrected chi connectivity index (χ4v) is 2.85. The van der Waals surface area contributed by atoms with E-state index in [9.17, 15) is 9.59 Å². The lowest BCUT2D eigenvalue weighted by Crippen LogP contribution is -2.31. The maximum Gasteiger partial charge on any atom is 0.260 e. The van der Waals surface area contributed by atoms with Crippen molar-refractivity contribution in [3.05, 3.63) is 71.9 Å². The van der Waals surface area contributed by atoms with E-state index in [0.29, 0.717) is 24.3 Å². The van der Waals surface area contributed by atoms with E-state index in [1.54, 1.807) is 42.4 Å². The molecule has 0 atom stereocenters. The lowest BCUT2D eigenvalue weighted by molar-refractivity contribution is -0.132. The third-order valence-electron chi connectivity index (χ3n) is 4.43. The number of carbonyl (C=O) groups excluding carboxylic acids is 2. The minimum Gasteiger partial charge on any atom is -0.484 e. The Kier molecular flexibility index (Phi) is 5.81. The molecule has 1 aromatic heterocycles. The number of aromatic nitrogens is 1. The van der Waals surface area contributed by atoms with Crippen molar-refractivity contribution < 1.29 is 14.3 Å². The lowest BCUT2D eigenvalue weighted by Gasteiger charge is -2.18. The molecule has 5 nitrogen and oxygen atoms in total. The summed E-state index contributed by atoms with van der Waals surface area (Å²) in [4.78, 5) is 30.0. The highest BCUT2D eigenvalue weighted by atomic mass is 16.5. The fraction of sp³-hybridized carbons (Fsp3) is 0.227. The maximum absolute atomic E-state index is 12.4. The van der Waals surface area contributed by atoms with Gasteiger partial charge in [-0.05, 0) is 42.0 Å². The molecular weight excluding hydrogens is 340 g/mol. The first kappa shape index (κ1) is 18.6. The molecule has 0 saturated carbocycles. The van der Waals surface area contributed by atoms with Gasteiger partial charge in [0.25, 0.3) is 5.91 Å². The molecule has 0 radical (unpaired) electrons. The second-order valence-corrected chi connectivity index (χ2v) is 6.33. The zero-order valence-corrected chi connectivity index (χ0v) is 15.5. The summed E-state index contributed by atoms with van der Waals surface area (Å²) >= 11 is 0. The number of benzene rings is 2. The monoisotopic (exact) mass is 362 g/mol. The molecule has 138 valence electrons. The number of ketones is 1. The third-order valence-corrected chi connectivity index (χ3v) is 4.43. The number of likely N-dealkylation sites (N-methyl/N-ethyl adjacent to an activating group) is 1. The molecule has 3 aromatic rings. The normalized spacial score (nSPS) is 10.6. The first-order valence-electron chi connectivity index (χ1n) is 8.91. The number of Topliss-reactive ketones (excluding diaryl/α,β-unsaturated/α-hetero) is 1. The predicted molar refractivity (Wildman–Crippen MR) is 105 cm³/mol. The van der Waals surface area contributed by atoms with Gasteiger partial charge in [-0.15, -0.1) is 0 Å². The van der Waals surface area contributed by atoms with Gasteiger partial charge >= 0.3 is 0 Å². The zero-order chi connectivity index (χ0) is 19.2. The number of carbonyl (C=O) groups is 2. The molecule has 0 aliphatic rings. The molecule has 0 saturated heterocycles. The third kappa shape index (κ3) is 4.50. The Labute approximate surface area is 158 Å². The Hall–Kier alpha value is -3.21. The van der Waals surface area contributed by atoms with Gasteiger partial charge in [0.05, 0.1) is 5.52 Å². The average molecular weight is 362 g/mol. The van der Waals surface area contributed by atoms with Gasteiger partial charge < -0.3 is 9.64 Å². The van der Waals surface area contributed by atoms with E-state index >= 15 is 0 Å². The zero-order valence-electron chi connectivity index (χ0n) is 15.5. The minimum absolute atomic E-state index is 0.0550. The Morgan fingerprint density at radius 3 is 2.56 bits per heavy atom. The lowest BCUT2D eigenvalue weighted by atomic mass is 10.1. The first-order valence-corrected chi connectivity index (χ1v) is 8.91. The van der Waals surface area contributed by atoms with Gasteiger partial charge in [-0.2, -0.15) is 0 Å². The Morgan fingerprint density at radius 1 is 1.04 bits per heavy atom. The van der Waals surface area contributed by atoms with Crippen LogP contribution in [0.4, 0.5) is 0 Å². The van der Waals surface area contributed by atoms with Crippen LogP contribution >= 0.6 is 0 Å². The van der Waals surface area contributed by atoms with Crippen LogP contribution in [0.3, 0.4) is 0 Å². The first-order chi connectivity index (χ1) is 13.1. The summed E-state index contributed by atoms with van der Waals surface area (Å²) in [5.74, 6) is 0.533. The van der Waals surface area contributed by atoms with Crippen LogP contribution in [0.5, 0.6) is 5.75 Å². The summed E-state index contributed by atoms with van der Waals surface area (Å²) in [5, 5.41) is 1.04. The van der Waals surface area contributed by atoms with Crippen molar-refractivity contribution in [1.29, 1.82) is 0 Å². The van der Waals surface area contributed by atoms with Crippen molar-refractivity contribution in [3.63, 3.8) is 0 Å². The highest BCUT2D eigenvalue weighted by molar-refractivity contribution is 5.95. The number of hydrogen-bond acceptors (Lipinski definition) is 4. The van der Waals surface area contributed by atoms with Crippen LogP contribution in [-0.2, 0) is 11.3 Å². The summed E-state index contributed by atoms with van der Waals surface area (Å²) in [6.45, 7) is 2.25. The summed E-state index contributed by atoms with van der Waals surface area (Å²) in [7, 11) is 1.75. The quantitative estimate of drug-likeness (QED) is 0.599. The molecule has 5 heteroatoms. The fourth-order valence-electron chi connectivity index (χ4n) is 2.85. The van der Waals surface area contributed by atoms with Crippen LogP contribution in [0.15, 0.2) is 60.8 Å². The van der Waals surface area contributed by atoms with E-state index < -0.39 is 0 Å². The van der Waals surface area contributed by atoms with Gasteiger partial charge in [0.1, 0.15) is 5.75 Å². The molecule has 2 aromatic carbocycles. The van der Waals surface area contributed by atoms with E-state index in [2.05, 4.69) is 4.98 Å². The Morgan fingerprint density at radius 2 is 1.81 bits per heavy atom. The van der Waals surface area contributed by atoms with Crippen molar-refractivity contribution in [1.82, 2.24) is 9.88 Å². The van der Waals surface area contributed by atoms with Crippen molar-refractivity contribution in [2.75, 3.05) is 13.7 Å². The Bertz CT molecular complexity index is 946. The van der Waals surface area contributed by atoms with E-state index in [4.69, 9.17) is 4.74 Å². The molecule has 0 N–H and O–H groups in total. The van der Waals surface area contributed by atoms with E-state index in [1.165, 1.54) is 0 Å². The highest BCUT2D eigenvalue weighted by Gasteiger charge is 2.12. The van der Waals surface area contributed by atoms with Gasteiger partial charge in [0.2, 0.25) is 0 Å². The predicted octanol–water partition coefficient (Wildman–Crippen LogP) is 3.86. The van der Waals surface area contributed by atoms with Crippen LogP contribution < -0.4 is 4.74 Å². The van der Waals surface area contributed by atoms with Crippen LogP contribution in [0.2, 0.25) is 0 Å². The van der Waals surface area contributed by atoms with Crippen LogP contribution in [0.1, 0.15) is 29.3 Å². The summed E-state index contributed by atoms with van der Waals surface area (Å²) in [5.41, 5.74) is 2.60. The number of ether oxygens (including phenoxy) is 1. The Balaban J connectivity index is 1.60. The van der Waals surface area contributed by atoms with Crippen molar-refractivity contribution in [2.45, 2.75) is 19.9 Å². The van der Waals surface area contributed by atoms with Crippen LogP contribution in [0, 0.1) is 0 Å².